The number of fused-ring (bicyclic) bond motifs is 2. The molecule has 0 N–H and O–H groups in total. The lowest BCUT2D eigenvalue weighted by atomic mass is 9.86. The Morgan fingerprint density at radius 3 is 2.66 bits per heavy atom. The number of hydrogen-bond acceptors (Lipinski definition) is 6. The van der Waals surface area contributed by atoms with E-state index in [0.717, 1.165) is 17.5 Å². The molecule has 4 rings (SSSR count). The Morgan fingerprint density at radius 1 is 1.31 bits per heavy atom. The third kappa shape index (κ3) is 4.25. The van der Waals surface area contributed by atoms with Gasteiger partial charge in [-0.15, -0.1) is 0 Å². The molecule has 35 heavy (non-hydrogen) atoms. The molecule has 0 bridgehead atoms. The minimum Gasteiger partial charge on any atom is -0.490 e. The molecule has 0 unspecified atom stereocenters. The van der Waals surface area contributed by atoms with Crippen molar-refractivity contribution in [3.8, 4) is 22.9 Å². The number of halogens is 1. The smallest absolute Gasteiger partial charge is 0.339 e. The number of carbonyl (C=O) groups is 1. The molecule has 3 heterocycles. The molecule has 0 fully saturated rings. The van der Waals surface area contributed by atoms with Crippen LogP contribution < -0.4 is 4.74 Å². The van der Waals surface area contributed by atoms with Crippen LogP contribution >= 0.6 is 0 Å². The molecule has 8 heteroatoms. The molecular weight excluding hydrogens is 449 g/mol. The molecule has 0 spiro atoms. The van der Waals surface area contributed by atoms with Gasteiger partial charge in [0.05, 0.1) is 19.3 Å². The summed E-state index contributed by atoms with van der Waals surface area (Å²) in [5.74, 6) is -0.764. The second kappa shape index (κ2) is 8.97. The summed E-state index contributed by atoms with van der Waals surface area (Å²) in [6.07, 6.45) is 0.370. The lowest BCUT2D eigenvalue weighted by Gasteiger charge is -2.29. The van der Waals surface area contributed by atoms with Crippen molar-refractivity contribution in [3.63, 3.8) is 0 Å². The van der Waals surface area contributed by atoms with Gasteiger partial charge < -0.3 is 18.8 Å². The minimum atomic E-state index is -1.10. The van der Waals surface area contributed by atoms with E-state index in [9.17, 15) is 10.1 Å². The molecule has 1 aliphatic heterocycles. The standard InChI is InChI=1S/C27H30FN3O4/c1-14-17-9-8-10-34-23(17)20(28)12-18(14)22-19-11-16(13-29)31(6)25(19)30-15(2)21(22)24(26(32)33-7)35-27(3,4)5/h11-12,24H,8-10H2,1-7H3/t24-/m0/s1. The summed E-state index contributed by atoms with van der Waals surface area (Å²) in [6.45, 7) is 9.73. The molecule has 7 nitrogen and oxygen atoms in total. The first-order valence-corrected chi connectivity index (χ1v) is 11.6. The third-order valence-electron chi connectivity index (χ3n) is 6.37. The molecule has 3 aromatic rings. The SMILES string of the molecule is COC(=O)[C@@H](OC(C)(C)C)c1c(C)nc2c(cc(C#N)n2C)c1-c1cc(F)c2c(c1C)CCCO2. The van der Waals surface area contributed by atoms with Gasteiger partial charge in [-0.3, -0.25) is 0 Å². The fraction of sp³-hybridized carbons (Fsp3) is 0.444. The Kier molecular flexibility index (Phi) is 6.32. The maximum absolute atomic E-state index is 15.4. The van der Waals surface area contributed by atoms with Gasteiger partial charge in [0.2, 0.25) is 0 Å². The van der Waals surface area contributed by atoms with Crippen LogP contribution in [0.2, 0.25) is 0 Å². The van der Waals surface area contributed by atoms with Crippen molar-refractivity contribution in [2.24, 2.45) is 7.05 Å². The van der Waals surface area contributed by atoms with E-state index >= 15 is 4.39 Å². The van der Waals surface area contributed by atoms with Gasteiger partial charge >= 0.3 is 5.97 Å². The number of hydrogen-bond donors (Lipinski definition) is 0. The molecule has 0 saturated heterocycles. The van der Waals surface area contributed by atoms with Gasteiger partial charge in [0.1, 0.15) is 17.4 Å². The van der Waals surface area contributed by atoms with E-state index in [1.165, 1.54) is 13.2 Å². The molecule has 0 amide bonds. The van der Waals surface area contributed by atoms with Crippen molar-refractivity contribution in [2.45, 2.75) is 59.2 Å². The van der Waals surface area contributed by atoms with Crippen LogP contribution in [0.5, 0.6) is 5.75 Å². The number of benzene rings is 1. The monoisotopic (exact) mass is 479 g/mol. The average Bonchev–Trinajstić information content (AvgIpc) is 3.13. The van der Waals surface area contributed by atoms with Crippen molar-refractivity contribution in [1.29, 1.82) is 5.26 Å². The van der Waals surface area contributed by atoms with Gasteiger partial charge in [-0.1, -0.05) is 0 Å². The quantitative estimate of drug-likeness (QED) is 0.477. The van der Waals surface area contributed by atoms with E-state index < -0.39 is 23.5 Å². The average molecular weight is 480 g/mol. The van der Waals surface area contributed by atoms with Crippen molar-refractivity contribution in [2.75, 3.05) is 13.7 Å². The number of nitriles is 1. The molecule has 0 radical (unpaired) electrons. The van der Waals surface area contributed by atoms with Gasteiger partial charge in [0.25, 0.3) is 0 Å². The fourth-order valence-corrected chi connectivity index (χ4v) is 4.78. The van der Waals surface area contributed by atoms with Crippen LogP contribution in [0, 0.1) is 31.0 Å². The van der Waals surface area contributed by atoms with Crippen LogP contribution in [-0.2, 0) is 27.7 Å². The van der Waals surface area contributed by atoms with E-state index in [2.05, 4.69) is 6.07 Å². The van der Waals surface area contributed by atoms with Crippen LogP contribution in [-0.4, -0.2) is 34.8 Å². The topological polar surface area (TPSA) is 86.4 Å². The first-order chi connectivity index (χ1) is 16.5. The molecule has 1 aliphatic rings. The van der Waals surface area contributed by atoms with Crippen molar-refractivity contribution >= 4 is 17.0 Å². The molecule has 184 valence electrons. The Balaban J connectivity index is 2.16. The van der Waals surface area contributed by atoms with E-state index in [-0.39, 0.29) is 5.75 Å². The summed E-state index contributed by atoms with van der Waals surface area (Å²) < 4.78 is 34.0. The van der Waals surface area contributed by atoms with Crippen LogP contribution in [0.15, 0.2) is 12.1 Å². The summed E-state index contributed by atoms with van der Waals surface area (Å²) in [4.78, 5) is 17.8. The highest BCUT2D eigenvalue weighted by Gasteiger charge is 2.35. The highest BCUT2D eigenvalue weighted by atomic mass is 19.1. The van der Waals surface area contributed by atoms with Gasteiger partial charge in [-0.25, -0.2) is 14.2 Å². The van der Waals surface area contributed by atoms with E-state index in [0.29, 0.717) is 52.1 Å². The van der Waals surface area contributed by atoms with Gasteiger partial charge in [0.15, 0.2) is 17.7 Å². The van der Waals surface area contributed by atoms with Crippen LogP contribution in [0.4, 0.5) is 4.39 Å². The number of rotatable bonds is 4. The Labute approximate surface area is 204 Å². The van der Waals surface area contributed by atoms with Crippen molar-refractivity contribution in [3.05, 3.63) is 46.0 Å². The van der Waals surface area contributed by atoms with Crippen LogP contribution in [0.25, 0.3) is 22.2 Å². The largest absolute Gasteiger partial charge is 0.490 e. The molecule has 1 aromatic carbocycles. The van der Waals surface area contributed by atoms with Crippen LogP contribution in [0.3, 0.4) is 0 Å². The normalized spacial score (nSPS) is 14.3. The number of methoxy groups -OCH3 is 1. The lowest BCUT2D eigenvalue weighted by Crippen LogP contribution is -2.29. The van der Waals surface area contributed by atoms with E-state index in [1.807, 2.05) is 27.7 Å². The predicted molar refractivity (Wildman–Crippen MR) is 130 cm³/mol. The summed E-state index contributed by atoms with van der Waals surface area (Å²) >= 11 is 0. The number of aryl methyl sites for hydroxylation is 2. The number of pyridine rings is 1. The zero-order valence-electron chi connectivity index (χ0n) is 21.2. The summed E-state index contributed by atoms with van der Waals surface area (Å²) in [7, 11) is 3.06. The Hall–Kier alpha value is -3.44. The minimum absolute atomic E-state index is 0.280. The highest BCUT2D eigenvalue weighted by Crippen LogP contribution is 2.44. The number of nitrogens with zero attached hydrogens (tertiary/aromatic N) is 3. The zero-order chi connectivity index (χ0) is 25.7. The second-order valence-corrected chi connectivity index (χ2v) is 9.85. The lowest BCUT2D eigenvalue weighted by molar-refractivity contribution is -0.164. The molecule has 0 aliphatic carbocycles. The first kappa shape index (κ1) is 24.7. The van der Waals surface area contributed by atoms with Gasteiger partial charge in [-0.2, -0.15) is 5.26 Å². The Bertz CT molecular complexity index is 1380. The second-order valence-electron chi connectivity index (χ2n) is 9.85. The third-order valence-corrected chi connectivity index (χ3v) is 6.37. The summed E-state index contributed by atoms with van der Waals surface area (Å²) in [5.41, 5.74) is 4.18. The van der Waals surface area contributed by atoms with E-state index in [1.54, 1.807) is 24.6 Å². The number of carbonyl (C=O) groups excluding carboxylic acids is 1. The maximum Gasteiger partial charge on any atom is 0.339 e. The zero-order valence-corrected chi connectivity index (χ0v) is 21.2. The maximum atomic E-state index is 15.4. The van der Waals surface area contributed by atoms with E-state index in [4.69, 9.17) is 19.2 Å². The summed E-state index contributed by atoms with van der Waals surface area (Å²) in [5, 5.41) is 10.3. The molecular formula is C27H30FN3O4. The van der Waals surface area contributed by atoms with Crippen LogP contribution in [0.1, 0.15) is 61.4 Å². The number of aromatic nitrogens is 2. The predicted octanol–water partition coefficient (Wildman–Crippen LogP) is 5.22. The van der Waals surface area contributed by atoms with Gasteiger partial charge in [-0.05, 0) is 70.7 Å². The summed E-state index contributed by atoms with van der Waals surface area (Å²) in [6, 6.07) is 5.35. The first-order valence-electron chi connectivity index (χ1n) is 11.6. The van der Waals surface area contributed by atoms with Crippen molar-refractivity contribution < 1.29 is 23.4 Å². The van der Waals surface area contributed by atoms with Crippen molar-refractivity contribution in [1.82, 2.24) is 9.55 Å². The Morgan fingerprint density at radius 2 is 2.03 bits per heavy atom. The molecule has 2 aromatic heterocycles. The molecule has 0 saturated carbocycles. The highest BCUT2D eigenvalue weighted by molar-refractivity contribution is 6.00. The fourth-order valence-electron chi connectivity index (χ4n) is 4.78. The van der Waals surface area contributed by atoms with Gasteiger partial charge in [0, 0.05) is 34.8 Å². The number of esters is 1. The molecule has 1 atom stereocenters. The number of ether oxygens (including phenoxy) is 3.